The van der Waals surface area contributed by atoms with E-state index in [0.29, 0.717) is 12.2 Å². The predicted molar refractivity (Wildman–Crippen MR) is 98.1 cm³/mol. The van der Waals surface area contributed by atoms with Gasteiger partial charge in [-0.05, 0) is 57.4 Å². The Balaban J connectivity index is 0.000000648. The molecule has 0 aliphatic heterocycles. The smallest absolute Gasteiger partial charge is 0.331 e. The molecule has 4 nitrogen and oxygen atoms in total. The number of rotatable bonds is 5. The maximum atomic E-state index is 10.7. The summed E-state index contributed by atoms with van der Waals surface area (Å²) in [7, 11) is 6.00. The van der Waals surface area contributed by atoms with Gasteiger partial charge in [-0.15, -0.1) is 0 Å². The first-order valence-electron chi connectivity index (χ1n) is 7.68. The molecule has 1 N–H and O–H groups in total. The van der Waals surface area contributed by atoms with Crippen LogP contribution in [0.1, 0.15) is 18.1 Å². The van der Waals surface area contributed by atoms with Gasteiger partial charge in [0.05, 0.1) is 0 Å². The molecule has 0 bridgehead atoms. The molecule has 24 heavy (non-hydrogen) atoms. The van der Waals surface area contributed by atoms with Gasteiger partial charge in [-0.2, -0.15) is 0 Å². The molecule has 128 valence electrons. The summed E-state index contributed by atoms with van der Waals surface area (Å²) in [6.07, 6.45) is 1.63. The lowest BCUT2D eigenvalue weighted by Crippen LogP contribution is -1.99. The van der Waals surface area contributed by atoms with E-state index in [1.165, 1.54) is 0 Å². The van der Waals surface area contributed by atoms with E-state index in [9.17, 15) is 4.79 Å². The molecule has 0 atom stereocenters. The van der Waals surface area contributed by atoms with Crippen molar-refractivity contribution in [1.82, 2.24) is 4.90 Å². The summed E-state index contributed by atoms with van der Waals surface area (Å²) in [5.41, 5.74) is 2.26. The highest BCUT2D eigenvalue weighted by Gasteiger charge is 2.00. The molecule has 0 amide bonds. The molecule has 0 aromatic heterocycles. The highest BCUT2D eigenvalue weighted by molar-refractivity contribution is 5.91. The van der Waals surface area contributed by atoms with Crippen LogP contribution in [-0.2, 0) is 11.4 Å². The zero-order chi connectivity index (χ0) is 17.9. The third-order valence-corrected chi connectivity index (χ3v) is 2.85. The maximum Gasteiger partial charge on any atom is 0.331 e. The predicted octanol–water partition coefficient (Wildman–Crippen LogP) is 3.93. The lowest BCUT2D eigenvalue weighted by atomic mass is 10.1. The van der Waals surface area contributed by atoms with Crippen molar-refractivity contribution in [2.24, 2.45) is 0 Å². The Morgan fingerprint density at radius 3 is 2.08 bits per heavy atom. The Bertz CT molecular complexity index is 644. The number of carbonyl (C=O) groups is 1. The van der Waals surface area contributed by atoms with E-state index < -0.39 is 5.97 Å². The fourth-order valence-electron chi connectivity index (χ4n) is 1.71. The fraction of sp³-hybridized carbons (Fsp3) is 0.250. The number of hydrogen-bond acceptors (Lipinski definition) is 3. The number of benzene rings is 2. The molecule has 0 radical (unpaired) electrons. The summed E-state index contributed by atoms with van der Waals surface area (Å²) in [6.45, 7) is 2.09. The van der Waals surface area contributed by atoms with Gasteiger partial charge < -0.3 is 14.7 Å². The Hall–Kier alpha value is -2.59. The van der Waals surface area contributed by atoms with Gasteiger partial charge in [0.2, 0.25) is 0 Å². The van der Waals surface area contributed by atoms with Crippen LogP contribution in [0.15, 0.2) is 60.2 Å². The van der Waals surface area contributed by atoms with Gasteiger partial charge in [0.15, 0.2) is 0 Å². The van der Waals surface area contributed by atoms with E-state index in [1.807, 2.05) is 80.6 Å². The number of hydrogen-bond donors (Lipinski definition) is 1. The second-order valence-corrected chi connectivity index (χ2v) is 5.82. The van der Waals surface area contributed by atoms with Crippen molar-refractivity contribution in [3.8, 4) is 5.75 Å². The molecule has 0 aliphatic rings. The van der Waals surface area contributed by atoms with Crippen LogP contribution in [0.3, 0.4) is 0 Å². The van der Waals surface area contributed by atoms with E-state index in [1.54, 1.807) is 13.0 Å². The molecule has 2 aromatic carbocycles. The molecule has 0 spiro atoms. The van der Waals surface area contributed by atoms with E-state index >= 15 is 0 Å². The largest absolute Gasteiger partial charge is 0.489 e. The van der Waals surface area contributed by atoms with E-state index in [0.717, 1.165) is 16.9 Å². The van der Waals surface area contributed by atoms with Crippen molar-refractivity contribution in [1.29, 1.82) is 0 Å². The Labute approximate surface area is 144 Å². The van der Waals surface area contributed by atoms with Crippen LogP contribution in [0.25, 0.3) is 6.08 Å². The van der Waals surface area contributed by atoms with E-state index in [-0.39, 0.29) is 0 Å². The molecule has 2 rings (SSSR count). The first kappa shape index (κ1) is 19.5. The third-order valence-electron chi connectivity index (χ3n) is 2.85. The van der Waals surface area contributed by atoms with Crippen LogP contribution in [0.5, 0.6) is 5.75 Å². The Kier molecular flexibility index (Phi) is 8.30. The molecular weight excluding hydrogens is 302 g/mol. The Morgan fingerprint density at radius 1 is 1.04 bits per heavy atom. The van der Waals surface area contributed by atoms with Gasteiger partial charge in [-0.25, -0.2) is 4.79 Å². The van der Waals surface area contributed by atoms with Gasteiger partial charge in [0.25, 0.3) is 0 Å². The van der Waals surface area contributed by atoms with E-state index in [4.69, 9.17) is 9.84 Å². The van der Waals surface area contributed by atoms with Gasteiger partial charge >= 0.3 is 5.97 Å². The topological polar surface area (TPSA) is 49.8 Å². The van der Waals surface area contributed by atoms with Crippen LogP contribution in [0, 0.1) is 0 Å². The Morgan fingerprint density at radius 2 is 1.58 bits per heavy atom. The lowest BCUT2D eigenvalue weighted by Gasteiger charge is -2.06. The van der Waals surface area contributed by atoms with Gasteiger partial charge in [0, 0.05) is 5.57 Å². The van der Waals surface area contributed by atoms with Crippen molar-refractivity contribution >= 4 is 12.0 Å². The average molecular weight is 327 g/mol. The summed E-state index contributed by atoms with van der Waals surface area (Å²) in [6, 6.07) is 17.3. The zero-order valence-electron chi connectivity index (χ0n) is 14.7. The second-order valence-electron chi connectivity index (χ2n) is 5.82. The van der Waals surface area contributed by atoms with Gasteiger partial charge in [-0.3, -0.25) is 0 Å². The number of nitrogens with zero attached hydrogens (tertiary/aromatic N) is 1. The average Bonchev–Trinajstić information content (AvgIpc) is 2.54. The highest BCUT2D eigenvalue weighted by Crippen LogP contribution is 2.16. The molecule has 2 aromatic rings. The number of carboxylic acids is 1. The summed E-state index contributed by atoms with van der Waals surface area (Å²) in [4.78, 5) is 12.7. The highest BCUT2D eigenvalue weighted by atomic mass is 16.5. The minimum atomic E-state index is -0.908. The fourth-order valence-corrected chi connectivity index (χ4v) is 1.71. The normalized spacial score (nSPS) is 10.8. The molecule has 0 saturated heterocycles. The summed E-state index contributed by atoms with van der Waals surface area (Å²) < 4.78 is 5.66. The third kappa shape index (κ3) is 8.15. The number of ether oxygens (including phenoxy) is 1. The number of aliphatic carboxylic acids is 1. The van der Waals surface area contributed by atoms with Crippen LogP contribution in [0.2, 0.25) is 0 Å². The van der Waals surface area contributed by atoms with Crippen molar-refractivity contribution in [3.05, 3.63) is 71.3 Å². The zero-order valence-corrected chi connectivity index (χ0v) is 14.7. The second kappa shape index (κ2) is 10.2. The first-order chi connectivity index (χ1) is 11.4. The lowest BCUT2D eigenvalue weighted by molar-refractivity contribution is -0.132. The van der Waals surface area contributed by atoms with Crippen molar-refractivity contribution < 1.29 is 14.6 Å². The van der Waals surface area contributed by atoms with E-state index in [2.05, 4.69) is 0 Å². The van der Waals surface area contributed by atoms with Crippen molar-refractivity contribution in [3.63, 3.8) is 0 Å². The summed E-state index contributed by atoms with van der Waals surface area (Å²) in [5, 5.41) is 8.82. The van der Waals surface area contributed by atoms with Gasteiger partial charge in [-0.1, -0.05) is 42.5 Å². The summed E-state index contributed by atoms with van der Waals surface area (Å²) in [5.74, 6) is -0.145. The quantitative estimate of drug-likeness (QED) is 0.845. The monoisotopic (exact) mass is 327 g/mol. The molecule has 0 aliphatic carbocycles. The van der Waals surface area contributed by atoms with Crippen molar-refractivity contribution in [2.45, 2.75) is 13.5 Å². The van der Waals surface area contributed by atoms with Crippen molar-refractivity contribution in [2.75, 3.05) is 21.1 Å². The minimum absolute atomic E-state index is 0.308. The summed E-state index contributed by atoms with van der Waals surface area (Å²) >= 11 is 0. The van der Waals surface area contributed by atoms with Crippen LogP contribution >= 0.6 is 0 Å². The maximum absolute atomic E-state index is 10.7. The SMILES string of the molecule is CC(=Cc1ccc(OCc2ccccc2)cc1)C(=O)O.CN(C)C. The molecule has 0 fully saturated rings. The number of carboxylic acid groups (broad SMARTS) is 1. The first-order valence-corrected chi connectivity index (χ1v) is 7.68. The minimum Gasteiger partial charge on any atom is -0.489 e. The van der Waals surface area contributed by atoms with Crippen LogP contribution in [0.4, 0.5) is 0 Å². The molecular formula is C20H25NO3. The molecule has 0 saturated carbocycles. The van der Waals surface area contributed by atoms with Crippen LogP contribution in [-0.4, -0.2) is 37.1 Å². The molecule has 0 unspecified atom stereocenters. The van der Waals surface area contributed by atoms with Gasteiger partial charge in [0.1, 0.15) is 12.4 Å². The van der Waals surface area contributed by atoms with Crippen LogP contribution < -0.4 is 4.74 Å². The molecule has 4 heteroatoms. The standard InChI is InChI=1S/C17H16O3.C3H9N/c1-13(17(18)19)11-14-7-9-16(10-8-14)20-12-15-5-3-2-4-6-15;1-4(2)3/h2-11H,12H2,1H3,(H,18,19);1-3H3. The molecule has 0 heterocycles.